The van der Waals surface area contributed by atoms with Gasteiger partial charge in [0.2, 0.25) is 11.8 Å². The molecular weight excluding hydrogens is 312 g/mol. The second kappa shape index (κ2) is 9.02. The highest BCUT2D eigenvalue weighted by Gasteiger charge is 2.19. The Morgan fingerprint density at radius 2 is 1.48 bits per heavy atom. The lowest BCUT2D eigenvalue weighted by Gasteiger charge is -2.21. The van der Waals surface area contributed by atoms with Crippen LogP contribution >= 0.6 is 0 Å². The second-order valence-electron chi connectivity index (χ2n) is 6.31. The fraction of sp³-hybridized carbons (Fsp3) is 0.333. The third-order valence-corrected chi connectivity index (χ3v) is 4.19. The molecule has 2 atom stereocenters. The maximum atomic E-state index is 12.6. The third kappa shape index (κ3) is 5.75. The van der Waals surface area contributed by atoms with Gasteiger partial charge in [0, 0.05) is 6.92 Å². The summed E-state index contributed by atoms with van der Waals surface area (Å²) in [5.41, 5.74) is 3.22. The first-order valence-corrected chi connectivity index (χ1v) is 8.67. The zero-order chi connectivity index (χ0) is 18.2. The predicted octanol–water partition coefficient (Wildman–Crippen LogP) is 3.83. The molecule has 0 aliphatic heterocycles. The fourth-order valence-corrected chi connectivity index (χ4v) is 2.84. The van der Waals surface area contributed by atoms with Crippen molar-refractivity contribution in [2.45, 2.75) is 45.7 Å². The van der Waals surface area contributed by atoms with Crippen LogP contribution in [0.1, 0.15) is 55.5 Å². The van der Waals surface area contributed by atoms with E-state index in [9.17, 15) is 9.59 Å². The highest BCUT2D eigenvalue weighted by Crippen LogP contribution is 2.20. The van der Waals surface area contributed by atoms with Crippen LogP contribution in [0.15, 0.2) is 54.6 Å². The van der Waals surface area contributed by atoms with Crippen molar-refractivity contribution in [3.8, 4) is 0 Å². The van der Waals surface area contributed by atoms with E-state index in [4.69, 9.17) is 0 Å². The minimum Gasteiger partial charge on any atom is -0.349 e. The van der Waals surface area contributed by atoms with Gasteiger partial charge < -0.3 is 10.6 Å². The minimum absolute atomic E-state index is 0.0261. The van der Waals surface area contributed by atoms with Gasteiger partial charge in [-0.05, 0) is 24.5 Å². The summed E-state index contributed by atoms with van der Waals surface area (Å²) in [5.74, 6) is -0.220. The van der Waals surface area contributed by atoms with E-state index in [1.165, 1.54) is 12.5 Å². The number of rotatable bonds is 7. The van der Waals surface area contributed by atoms with Crippen LogP contribution in [-0.2, 0) is 9.59 Å². The summed E-state index contributed by atoms with van der Waals surface area (Å²) in [6, 6.07) is 17.4. The molecule has 2 aromatic rings. The summed E-state index contributed by atoms with van der Waals surface area (Å²) in [6.07, 6.45) is 1.02. The maximum absolute atomic E-state index is 12.6. The van der Waals surface area contributed by atoms with E-state index in [0.717, 1.165) is 17.5 Å². The van der Waals surface area contributed by atoms with E-state index in [1.807, 2.05) is 68.4 Å². The monoisotopic (exact) mass is 338 g/mol. The Kier molecular flexibility index (Phi) is 6.75. The molecule has 4 heteroatoms. The summed E-state index contributed by atoms with van der Waals surface area (Å²) in [4.78, 5) is 24.1. The molecule has 132 valence electrons. The van der Waals surface area contributed by atoms with Crippen LogP contribution in [-0.4, -0.2) is 11.8 Å². The Hall–Kier alpha value is -2.62. The van der Waals surface area contributed by atoms with Gasteiger partial charge >= 0.3 is 0 Å². The van der Waals surface area contributed by atoms with Gasteiger partial charge in [-0.15, -0.1) is 0 Å². The topological polar surface area (TPSA) is 58.2 Å². The van der Waals surface area contributed by atoms with Crippen LogP contribution in [0.4, 0.5) is 0 Å². The van der Waals surface area contributed by atoms with Crippen molar-refractivity contribution in [1.82, 2.24) is 10.6 Å². The highest BCUT2D eigenvalue weighted by atomic mass is 16.2. The van der Waals surface area contributed by atoms with E-state index < -0.39 is 0 Å². The van der Waals surface area contributed by atoms with Gasteiger partial charge in [-0.1, -0.05) is 67.1 Å². The zero-order valence-corrected chi connectivity index (χ0v) is 15.1. The van der Waals surface area contributed by atoms with E-state index in [0.29, 0.717) is 0 Å². The number of hydrogen-bond acceptors (Lipinski definition) is 2. The molecular formula is C21H26N2O2. The summed E-state index contributed by atoms with van der Waals surface area (Å²) in [7, 11) is 0. The number of amides is 2. The molecule has 25 heavy (non-hydrogen) atoms. The molecule has 0 radical (unpaired) electrons. The molecule has 4 nitrogen and oxygen atoms in total. The molecule has 2 unspecified atom stereocenters. The van der Waals surface area contributed by atoms with Crippen LogP contribution < -0.4 is 10.6 Å². The van der Waals surface area contributed by atoms with Crippen molar-refractivity contribution in [2.75, 3.05) is 0 Å². The first kappa shape index (κ1) is 18.7. The molecule has 2 amide bonds. The third-order valence-electron chi connectivity index (χ3n) is 4.19. The van der Waals surface area contributed by atoms with Gasteiger partial charge in [-0.2, -0.15) is 0 Å². The summed E-state index contributed by atoms with van der Waals surface area (Å²) >= 11 is 0. The van der Waals surface area contributed by atoms with E-state index >= 15 is 0 Å². The van der Waals surface area contributed by atoms with Crippen molar-refractivity contribution in [1.29, 1.82) is 0 Å². The first-order valence-electron chi connectivity index (χ1n) is 8.67. The zero-order valence-electron chi connectivity index (χ0n) is 15.1. The van der Waals surface area contributed by atoms with Crippen molar-refractivity contribution in [3.63, 3.8) is 0 Å². The van der Waals surface area contributed by atoms with Gasteiger partial charge in [0.05, 0.1) is 18.5 Å². The largest absolute Gasteiger partial charge is 0.349 e. The molecule has 0 saturated heterocycles. The molecule has 2 N–H and O–H groups in total. The van der Waals surface area contributed by atoms with E-state index in [2.05, 4.69) is 10.6 Å². The lowest BCUT2D eigenvalue weighted by Crippen LogP contribution is -2.34. The molecule has 0 heterocycles. The Morgan fingerprint density at radius 3 is 2.04 bits per heavy atom. The number of carbonyl (C=O) groups is 2. The molecule has 2 aromatic carbocycles. The Morgan fingerprint density at radius 1 is 0.880 bits per heavy atom. The Labute approximate surface area is 149 Å². The van der Waals surface area contributed by atoms with E-state index in [1.54, 1.807) is 0 Å². The average Bonchev–Trinajstić information content (AvgIpc) is 2.60. The number of aryl methyl sites for hydroxylation is 1. The Bertz CT molecular complexity index is 696. The number of hydrogen-bond donors (Lipinski definition) is 2. The van der Waals surface area contributed by atoms with Gasteiger partial charge in [0.15, 0.2) is 0 Å². The SMILES string of the molecule is CCC(NC(=O)CC(NC(C)=O)c1ccccc1)c1ccc(C)cc1. The van der Waals surface area contributed by atoms with Crippen molar-refractivity contribution in [2.24, 2.45) is 0 Å². The normalized spacial score (nSPS) is 12.9. The molecule has 0 aliphatic rings. The number of benzene rings is 2. The molecule has 0 bridgehead atoms. The quantitative estimate of drug-likeness (QED) is 0.806. The van der Waals surface area contributed by atoms with Gasteiger partial charge in [0.25, 0.3) is 0 Å². The van der Waals surface area contributed by atoms with Crippen LogP contribution in [0.3, 0.4) is 0 Å². The molecule has 0 fully saturated rings. The highest BCUT2D eigenvalue weighted by molar-refractivity contribution is 5.79. The van der Waals surface area contributed by atoms with Gasteiger partial charge in [0.1, 0.15) is 0 Å². The maximum Gasteiger partial charge on any atom is 0.222 e. The van der Waals surface area contributed by atoms with Crippen LogP contribution in [0.2, 0.25) is 0 Å². The number of nitrogens with one attached hydrogen (secondary N) is 2. The predicted molar refractivity (Wildman–Crippen MR) is 100.0 cm³/mol. The fourth-order valence-electron chi connectivity index (χ4n) is 2.84. The van der Waals surface area contributed by atoms with Gasteiger partial charge in [-0.25, -0.2) is 0 Å². The van der Waals surface area contributed by atoms with Crippen molar-refractivity contribution in [3.05, 3.63) is 71.3 Å². The molecule has 0 saturated carbocycles. The Balaban J connectivity index is 2.06. The molecule has 0 spiro atoms. The molecule has 0 aromatic heterocycles. The summed E-state index contributed by atoms with van der Waals surface area (Å²) < 4.78 is 0. The first-order chi connectivity index (χ1) is 12.0. The molecule has 0 aliphatic carbocycles. The van der Waals surface area contributed by atoms with Crippen LogP contribution in [0.5, 0.6) is 0 Å². The lowest BCUT2D eigenvalue weighted by molar-refractivity contribution is -0.123. The van der Waals surface area contributed by atoms with Crippen LogP contribution in [0, 0.1) is 6.92 Å². The van der Waals surface area contributed by atoms with Crippen molar-refractivity contribution < 1.29 is 9.59 Å². The average molecular weight is 338 g/mol. The lowest BCUT2D eigenvalue weighted by atomic mass is 10.0. The standard InChI is InChI=1S/C21H26N2O2/c1-4-19(18-12-10-15(2)11-13-18)23-21(25)14-20(22-16(3)24)17-8-6-5-7-9-17/h5-13,19-20H,4,14H2,1-3H3,(H,22,24)(H,23,25). The van der Waals surface area contributed by atoms with Crippen molar-refractivity contribution >= 4 is 11.8 Å². The van der Waals surface area contributed by atoms with Crippen LogP contribution in [0.25, 0.3) is 0 Å². The second-order valence-corrected chi connectivity index (χ2v) is 6.31. The number of carbonyl (C=O) groups excluding carboxylic acids is 2. The molecule has 2 rings (SSSR count). The smallest absolute Gasteiger partial charge is 0.222 e. The summed E-state index contributed by atoms with van der Waals surface area (Å²) in [5, 5.41) is 5.95. The van der Waals surface area contributed by atoms with E-state index in [-0.39, 0.29) is 30.3 Å². The van der Waals surface area contributed by atoms with Gasteiger partial charge in [-0.3, -0.25) is 9.59 Å². The summed E-state index contributed by atoms with van der Waals surface area (Å²) in [6.45, 7) is 5.56. The minimum atomic E-state index is -0.325.